The second-order valence-electron chi connectivity index (χ2n) is 10.2. The van der Waals surface area contributed by atoms with E-state index >= 15 is 0 Å². The Kier molecular flexibility index (Phi) is 6.90. The fourth-order valence-electron chi connectivity index (χ4n) is 5.95. The van der Waals surface area contributed by atoms with Gasteiger partial charge in [0.15, 0.2) is 5.78 Å². The topological polar surface area (TPSA) is 55.4 Å². The minimum atomic E-state index is -0.391. The fourth-order valence-corrected chi connectivity index (χ4v) is 5.95. The van der Waals surface area contributed by atoms with Gasteiger partial charge in [0, 0.05) is 29.3 Å². The molecule has 0 aromatic heterocycles. The molecule has 1 N–H and O–H groups in total. The monoisotopic (exact) mass is 469 g/mol. The molecule has 0 saturated heterocycles. The van der Waals surface area contributed by atoms with Crippen molar-refractivity contribution in [1.82, 2.24) is 5.32 Å². The normalized spacial score (nSPS) is 23.1. The molecule has 182 valence electrons. The van der Waals surface area contributed by atoms with Crippen molar-refractivity contribution in [3.05, 3.63) is 93.8 Å². The van der Waals surface area contributed by atoms with Crippen LogP contribution in [0, 0.1) is 0 Å². The molecule has 0 radical (unpaired) electrons. The Bertz CT molecular complexity index is 1150. The summed E-state index contributed by atoms with van der Waals surface area (Å²) in [6.45, 7) is 4.08. The van der Waals surface area contributed by atoms with Crippen LogP contribution in [-0.2, 0) is 20.7 Å². The second-order valence-corrected chi connectivity index (χ2v) is 10.2. The summed E-state index contributed by atoms with van der Waals surface area (Å²) in [5, 5.41) is 3.48. The Hall–Kier alpha value is -3.14. The zero-order valence-corrected chi connectivity index (χ0v) is 20.8. The van der Waals surface area contributed by atoms with E-state index in [1.165, 1.54) is 17.5 Å². The smallest absolute Gasteiger partial charge is 0.337 e. The maximum Gasteiger partial charge on any atom is 0.337 e. The van der Waals surface area contributed by atoms with Gasteiger partial charge in [-0.1, -0.05) is 67.9 Å². The highest BCUT2D eigenvalue weighted by Gasteiger charge is 2.41. The van der Waals surface area contributed by atoms with Gasteiger partial charge in [-0.25, -0.2) is 4.79 Å². The van der Waals surface area contributed by atoms with Crippen LogP contribution in [0.1, 0.15) is 87.3 Å². The van der Waals surface area contributed by atoms with Crippen LogP contribution >= 0.6 is 0 Å². The highest BCUT2D eigenvalue weighted by molar-refractivity contribution is 6.04. The van der Waals surface area contributed by atoms with E-state index in [1.807, 2.05) is 25.1 Å². The van der Waals surface area contributed by atoms with Gasteiger partial charge in [0.1, 0.15) is 6.10 Å². The predicted octanol–water partition coefficient (Wildman–Crippen LogP) is 6.49. The zero-order chi connectivity index (χ0) is 24.4. The summed E-state index contributed by atoms with van der Waals surface area (Å²) in [5.41, 5.74) is 6.48. The lowest BCUT2D eigenvalue weighted by Crippen LogP contribution is -2.37. The highest BCUT2D eigenvalue weighted by Crippen LogP contribution is 2.46. The van der Waals surface area contributed by atoms with Crippen molar-refractivity contribution in [3.63, 3.8) is 0 Å². The van der Waals surface area contributed by atoms with Gasteiger partial charge in [0.2, 0.25) is 0 Å². The molecule has 0 amide bonds. The standard InChI is InChI=1S/C31H35NO3/c1-3-21-14-16-23(17-15-21)29-28(31(34)35-25-12-8-5-9-13-25)20(2)32-26-18-24(19-27(33)30(26)29)22-10-6-4-7-11-22/h4,6-7,10-11,14-17,24-25,29,32H,3,5,8-9,12-13,18-19H2,1-2H3/t24-,29-/m1/s1. The molecule has 4 nitrogen and oxygen atoms in total. The van der Waals surface area contributed by atoms with Gasteiger partial charge in [0.25, 0.3) is 0 Å². The van der Waals surface area contributed by atoms with E-state index in [2.05, 4.69) is 48.6 Å². The number of esters is 1. The first-order valence-corrected chi connectivity index (χ1v) is 13.1. The molecule has 5 rings (SSSR count). The van der Waals surface area contributed by atoms with Crippen LogP contribution in [0.15, 0.2) is 77.1 Å². The molecule has 2 atom stereocenters. The number of ether oxygens (including phenoxy) is 1. The van der Waals surface area contributed by atoms with Gasteiger partial charge < -0.3 is 10.1 Å². The van der Waals surface area contributed by atoms with E-state index in [1.54, 1.807) is 0 Å². The molecule has 2 aliphatic carbocycles. The lowest BCUT2D eigenvalue weighted by molar-refractivity contribution is -0.146. The third-order valence-electron chi connectivity index (χ3n) is 7.87. The molecule has 1 saturated carbocycles. The molecule has 0 spiro atoms. The molecular formula is C31H35NO3. The third-order valence-corrected chi connectivity index (χ3v) is 7.87. The number of hydrogen-bond acceptors (Lipinski definition) is 4. The first-order valence-electron chi connectivity index (χ1n) is 13.1. The minimum absolute atomic E-state index is 0.0282. The first kappa shape index (κ1) is 23.6. The number of ketones is 1. The Balaban J connectivity index is 1.52. The van der Waals surface area contributed by atoms with Gasteiger partial charge in [-0.3, -0.25) is 4.79 Å². The Morgan fingerprint density at radius 3 is 2.34 bits per heavy atom. The molecule has 3 aliphatic rings. The Labute approximate surface area is 208 Å². The molecule has 1 heterocycles. The number of nitrogens with one attached hydrogen (secondary N) is 1. The SMILES string of the molecule is CCc1ccc([C@@H]2C(C(=O)OC3CCCCC3)=C(C)NC3=C2C(=O)C[C@H](c2ccccc2)C3)cc1. The molecule has 1 fully saturated rings. The summed E-state index contributed by atoms with van der Waals surface area (Å²) in [6, 6.07) is 18.6. The third kappa shape index (κ3) is 4.84. The van der Waals surface area contributed by atoms with E-state index in [0.717, 1.165) is 61.1 Å². The summed E-state index contributed by atoms with van der Waals surface area (Å²) in [4.78, 5) is 27.3. The summed E-state index contributed by atoms with van der Waals surface area (Å²) in [5.74, 6) is -0.414. The Morgan fingerprint density at radius 2 is 1.66 bits per heavy atom. The molecule has 2 aromatic rings. The van der Waals surface area contributed by atoms with Gasteiger partial charge in [0.05, 0.1) is 5.57 Å². The average molecular weight is 470 g/mol. The van der Waals surface area contributed by atoms with E-state index in [4.69, 9.17) is 4.74 Å². The van der Waals surface area contributed by atoms with E-state index < -0.39 is 5.92 Å². The number of allylic oxidation sites excluding steroid dienone is 3. The number of rotatable bonds is 5. The molecule has 2 aromatic carbocycles. The van der Waals surface area contributed by atoms with Crippen molar-refractivity contribution in [2.24, 2.45) is 0 Å². The minimum Gasteiger partial charge on any atom is -0.459 e. The van der Waals surface area contributed by atoms with Crippen molar-refractivity contribution in [3.8, 4) is 0 Å². The predicted molar refractivity (Wildman–Crippen MR) is 138 cm³/mol. The number of dihydropyridines is 1. The van der Waals surface area contributed by atoms with Crippen LogP contribution in [0.4, 0.5) is 0 Å². The van der Waals surface area contributed by atoms with Crippen molar-refractivity contribution in [2.75, 3.05) is 0 Å². The largest absolute Gasteiger partial charge is 0.459 e. The number of Topliss-reactive ketones (excluding diaryl/α,β-unsaturated/α-hetero) is 1. The lowest BCUT2D eigenvalue weighted by Gasteiger charge is -2.37. The van der Waals surface area contributed by atoms with Gasteiger partial charge >= 0.3 is 5.97 Å². The summed E-state index contributed by atoms with van der Waals surface area (Å²) >= 11 is 0. The van der Waals surface area contributed by atoms with Crippen molar-refractivity contribution >= 4 is 11.8 Å². The fraction of sp³-hybridized carbons (Fsp3) is 0.419. The van der Waals surface area contributed by atoms with Crippen molar-refractivity contribution in [1.29, 1.82) is 0 Å². The summed E-state index contributed by atoms with van der Waals surface area (Å²) < 4.78 is 6.03. The highest BCUT2D eigenvalue weighted by atomic mass is 16.5. The van der Waals surface area contributed by atoms with E-state index in [-0.39, 0.29) is 23.8 Å². The van der Waals surface area contributed by atoms with Crippen molar-refractivity contribution in [2.45, 2.75) is 83.2 Å². The number of aryl methyl sites for hydroxylation is 1. The van der Waals surface area contributed by atoms with Crippen LogP contribution in [0.3, 0.4) is 0 Å². The van der Waals surface area contributed by atoms with Crippen LogP contribution in [0.25, 0.3) is 0 Å². The van der Waals surface area contributed by atoms with Crippen molar-refractivity contribution < 1.29 is 14.3 Å². The number of carbonyl (C=O) groups is 2. The average Bonchev–Trinajstić information content (AvgIpc) is 2.89. The molecule has 1 aliphatic heterocycles. The number of hydrogen-bond donors (Lipinski definition) is 1. The van der Waals surface area contributed by atoms with Crippen LogP contribution in [0.5, 0.6) is 0 Å². The second kappa shape index (κ2) is 10.2. The van der Waals surface area contributed by atoms with Crippen LogP contribution in [0.2, 0.25) is 0 Å². The van der Waals surface area contributed by atoms with E-state index in [9.17, 15) is 9.59 Å². The number of benzene rings is 2. The van der Waals surface area contributed by atoms with Gasteiger partial charge in [-0.15, -0.1) is 0 Å². The lowest BCUT2D eigenvalue weighted by atomic mass is 9.71. The molecule has 35 heavy (non-hydrogen) atoms. The maximum absolute atomic E-state index is 13.7. The molecule has 0 unspecified atom stereocenters. The summed E-state index contributed by atoms with van der Waals surface area (Å²) in [6.07, 6.45) is 7.39. The quantitative estimate of drug-likeness (QED) is 0.509. The molecule has 4 heteroatoms. The maximum atomic E-state index is 13.7. The Morgan fingerprint density at radius 1 is 0.943 bits per heavy atom. The first-order chi connectivity index (χ1) is 17.0. The van der Waals surface area contributed by atoms with Gasteiger partial charge in [-0.05, 0) is 68.1 Å². The van der Waals surface area contributed by atoms with Crippen LogP contribution in [-0.4, -0.2) is 17.9 Å². The zero-order valence-electron chi connectivity index (χ0n) is 20.8. The summed E-state index contributed by atoms with van der Waals surface area (Å²) in [7, 11) is 0. The molecule has 0 bridgehead atoms. The van der Waals surface area contributed by atoms with Gasteiger partial charge in [-0.2, -0.15) is 0 Å². The number of carbonyl (C=O) groups excluding carboxylic acids is 2. The van der Waals surface area contributed by atoms with Crippen LogP contribution < -0.4 is 5.32 Å². The molecular weight excluding hydrogens is 434 g/mol. The van der Waals surface area contributed by atoms with E-state index in [0.29, 0.717) is 12.0 Å².